The molecule has 1 aromatic carbocycles. The van der Waals surface area contributed by atoms with E-state index in [2.05, 4.69) is 4.98 Å². The van der Waals surface area contributed by atoms with Gasteiger partial charge in [-0.15, -0.1) is 0 Å². The van der Waals surface area contributed by atoms with Crippen molar-refractivity contribution in [2.45, 2.75) is 0 Å². The maximum atomic E-state index is 13.3. The van der Waals surface area contributed by atoms with E-state index in [0.29, 0.717) is 6.29 Å². The Morgan fingerprint density at radius 1 is 1.12 bits per heavy atom. The van der Waals surface area contributed by atoms with Gasteiger partial charge in [-0.25, -0.2) is 8.78 Å². The van der Waals surface area contributed by atoms with Crippen LogP contribution in [-0.4, -0.2) is 17.1 Å². The van der Waals surface area contributed by atoms with Gasteiger partial charge in [-0.05, 0) is 24.3 Å². The van der Waals surface area contributed by atoms with Gasteiger partial charge in [0.1, 0.15) is 11.6 Å². The first-order valence-electron chi connectivity index (χ1n) is 4.76. The Morgan fingerprint density at radius 3 is 2.29 bits per heavy atom. The van der Waals surface area contributed by atoms with Crippen molar-refractivity contribution in [1.29, 1.82) is 0 Å². The largest absolute Gasteiger partial charge is 0.350 e. The Morgan fingerprint density at radius 2 is 1.76 bits per heavy atom. The molecule has 0 aliphatic rings. The van der Waals surface area contributed by atoms with Crippen LogP contribution in [0.1, 0.15) is 26.5 Å². The van der Waals surface area contributed by atoms with E-state index in [4.69, 9.17) is 0 Å². The van der Waals surface area contributed by atoms with Crippen LogP contribution in [0.15, 0.2) is 30.3 Å². The topological polar surface area (TPSA) is 49.9 Å². The molecule has 5 heteroatoms. The molecule has 17 heavy (non-hydrogen) atoms. The first kappa shape index (κ1) is 11.2. The number of benzene rings is 1. The Labute approximate surface area is 95.1 Å². The number of carbonyl (C=O) groups excluding carboxylic acids is 2. The fourth-order valence-electron chi connectivity index (χ4n) is 1.46. The third-order valence-corrected chi connectivity index (χ3v) is 2.27. The second-order valence-corrected chi connectivity index (χ2v) is 3.37. The van der Waals surface area contributed by atoms with Crippen molar-refractivity contribution in [3.8, 4) is 0 Å². The van der Waals surface area contributed by atoms with Crippen LogP contribution in [-0.2, 0) is 0 Å². The molecule has 0 unspecified atom stereocenters. The smallest absolute Gasteiger partial charge is 0.215 e. The van der Waals surface area contributed by atoms with Crippen LogP contribution in [0.4, 0.5) is 8.78 Å². The van der Waals surface area contributed by atoms with Gasteiger partial charge in [0.25, 0.3) is 0 Å². The zero-order valence-electron chi connectivity index (χ0n) is 8.54. The summed E-state index contributed by atoms with van der Waals surface area (Å²) in [5, 5.41) is 0. The first-order valence-corrected chi connectivity index (χ1v) is 4.76. The van der Waals surface area contributed by atoms with Crippen LogP contribution in [0.25, 0.3) is 0 Å². The van der Waals surface area contributed by atoms with E-state index in [1.165, 1.54) is 18.2 Å². The van der Waals surface area contributed by atoms with E-state index >= 15 is 0 Å². The van der Waals surface area contributed by atoms with E-state index in [1.807, 2.05) is 0 Å². The predicted octanol–water partition coefficient (Wildman–Crippen LogP) is 2.34. The van der Waals surface area contributed by atoms with Crippen LogP contribution in [0.5, 0.6) is 0 Å². The van der Waals surface area contributed by atoms with Gasteiger partial charge in [0.2, 0.25) is 5.78 Å². The summed E-state index contributed by atoms with van der Waals surface area (Å²) in [4.78, 5) is 24.7. The molecule has 1 heterocycles. The average molecular weight is 235 g/mol. The van der Waals surface area contributed by atoms with Gasteiger partial charge < -0.3 is 4.98 Å². The number of aromatic amines is 1. The fraction of sp³-hybridized carbons (Fsp3) is 0. The number of hydrogen-bond donors (Lipinski definition) is 1. The van der Waals surface area contributed by atoms with E-state index in [0.717, 1.165) is 12.1 Å². The molecule has 0 radical (unpaired) electrons. The highest BCUT2D eigenvalue weighted by atomic mass is 19.1. The van der Waals surface area contributed by atoms with Gasteiger partial charge in [-0.1, -0.05) is 6.07 Å². The Bertz CT molecular complexity index is 570. The highest BCUT2D eigenvalue weighted by Gasteiger charge is 2.19. The van der Waals surface area contributed by atoms with Crippen molar-refractivity contribution >= 4 is 12.1 Å². The van der Waals surface area contributed by atoms with Crippen LogP contribution in [0.2, 0.25) is 0 Å². The maximum absolute atomic E-state index is 13.3. The molecule has 0 atom stereocenters. The molecule has 0 saturated heterocycles. The molecule has 2 aromatic rings. The fourth-order valence-corrected chi connectivity index (χ4v) is 1.46. The predicted molar refractivity (Wildman–Crippen MR) is 56.0 cm³/mol. The van der Waals surface area contributed by atoms with Crippen molar-refractivity contribution in [3.63, 3.8) is 0 Å². The molecule has 0 aliphatic carbocycles. The summed E-state index contributed by atoms with van der Waals surface area (Å²) in [6.07, 6.45) is 0.508. The third kappa shape index (κ3) is 1.99. The van der Waals surface area contributed by atoms with E-state index in [-0.39, 0.29) is 11.4 Å². The monoisotopic (exact) mass is 235 g/mol. The quantitative estimate of drug-likeness (QED) is 0.655. The second-order valence-electron chi connectivity index (χ2n) is 3.37. The number of aromatic nitrogens is 1. The molecule has 3 nitrogen and oxygen atoms in total. The molecule has 0 bridgehead atoms. The van der Waals surface area contributed by atoms with Gasteiger partial charge in [0.15, 0.2) is 6.29 Å². The van der Waals surface area contributed by atoms with E-state index in [9.17, 15) is 18.4 Å². The second kappa shape index (κ2) is 4.29. The summed E-state index contributed by atoms with van der Waals surface area (Å²) in [6.45, 7) is 0. The number of aldehydes is 1. The van der Waals surface area contributed by atoms with Gasteiger partial charge >= 0.3 is 0 Å². The average Bonchev–Trinajstić information content (AvgIpc) is 2.77. The van der Waals surface area contributed by atoms with E-state index < -0.39 is 23.0 Å². The minimum Gasteiger partial charge on any atom is -0.350 e. The van der Waals surface area contributed by atoms with Gasteiger partial charge in [-0.2, -0.15) is 0 Å². The normalized spacial score (nSPS) is 10.2. The number of halogens is 2. The molecule has 0 spiro atoms. The van der Waals surface area contributed by atoms with Gasteiger partial charge in [0, 0.05) is 0 Å². The number of H-pyrrole nitrogens is 1. The highest BCUT2D eigenvalue weighted by molar-refractivity contribution is 6.08. The van der Waals surface area contributed by atoms with Gasteiger partial charge in [0.05, 0.1) is 17.0 Å². The molecular formula is C12H7F2NO2. The Kier molecular flexibility index (Phi) is 2.82. The first-order chi connectivity index (χ1) is 8.13. The number of ketones is 1. The highest BCUT2D eigenvalue weighted by Crippen LogP contribution is 2.16. The van der Waals surface area contributed by atoms with Crippen molar-refractivity contribution < 1.29 is 18.4 Å². The van der Waals surface area contributed by atoms with Crippen LogP contribution in [0.3, 0.4) is 0 Å². The molecule has 1 N–H and O–H groups in total. The van der Waals surface area contributed by atoms with Crippen molar-refractivity contribution in [2.24, 2.45) is 0 Å². The minimum atomic E-state index is -0.933. The molecule has 0 aliphatic heterocycles. The lowest BCUT2D eigenvalue weighted by Gasteiger charge is -2.01. The van der Waals surface area contributed by atoms with Crippen LogP contribution < -0.4 is 0 Å². The lowest BCUT2D eigenvalue weighted by molar-refractivity contribution is 0.102. The molecule has 0 saturated carbocycles. The maximum Gasteiger partial charge on any atom is 0.215 e. The summed E-state index contributed by atoms with van der Waals surface area (Å²) in [5.41, 5.74) is -0.493. The standard InChI is InChI=1S/C12H7F2NO2/c13-8-2-1-3-9(14)11(8)12(17)10-5-4-7(6-16)15-10/h1-6,15H. The molecular weight excluding hydrogens is 228 g/mol. The summed E-state index contributed by atoms with van der Waals surface area (Å²) < 4.78 is 26.7. The molecule has 0 amide bonds. The van der Waals surface area contributed by atoms with Crippen molar-refractivity contribution in [3.05, 3.63) is 58.9 Å². The number of carbonyl (C=O) groups is 2. The lowest BCUT2D eigenvalue weighted by atomic mass is 10.1. The number of rotatable bonds is 3. The Balaban J connectivity index is 2.47. The number of hydrogen-bond acceptors (Lipinski definition) is 2. The zero-order valence-corrected chi connectivity index (χ0v) is 8.54. The number of nitrogens with one attached hydrogen (secondary N) is 1. The lowest BCUT2D eigenvalue weighted by Crippen LogP contribution is -2.08. The summed E-state index contributed by atoms with van der Waals surface area (Å²) in [6, 6.07) is 5.84. The summed E-state index contributed by atoms with van der Waals surface area (Å²) in [5.74, 6) is -2.69. The summed E-state index contributed by atoms with van der Waals surface area (Å²) >= 11 is 0. The summed E-state index contributed by atoms with van der Waals surface area (Å²) in [7, 11) is 0. The molecule has 2 rings (SSSR count). The third-order valence-electron chi connectivity index (χ3n) is 2.27. The molecule has 0 fully saturated rings. The van der Waals surface area contributed by atoms with Gasteiger partial charge in [-0.3, -0.25) is 9.59 Å². The van der Waals surface area contributed by atoms with E-state index in [1.54, 1.807) is 0 Å². The van der Waals surface area contributed by atoms with Crippen molar-refractivity contribution in [2.75, 3.05) is 0 Å². The molecule has 86 valence electrons. The van der Waals surface area contributed by atoms with Crippen LogP contribution in [0, 0.1) is 11.6 Å². The Hall–Kier alpha value is -2.30. The van der Waals surface area contributed by atoms with Crippen molar-refractivity contribution in [1.82, 2.24) is 4.98 Å². The minimum absolute atomic E-state index is 0.0314. The SMILES string of the molecule is O=Cc1ccc(C(=O)c2c(F)cccc2F)[nH]1. The van der Waals surface area contributed by atoms with Crippen LogP contribution >= 0.6 is 0 Å². The zero-order chi connectivity index (χ0) is 12.4. The molecule has 1 aromatic heterocycles.